The molecule has 0 aromatic heterocycles. The molecule has 0 fully saturated rings. The lowest BCUT2D eigenvalue weighted by atomic mass is 10.1. The topological polar surface area (TPSA) is 46.5 Å². The summed E-state index contributed by atoms with van der Waals surface area (Å²) in [6.45, 7) is 4.04. The van der Waals surface area contributed by atoms with E-state index in [-0.39, 0.29) is 5.97 Å². The van der Waals surface area contributed by atoms with Crippen LogP contribution in [0.1, 0.15) is 97.3 Å². The maximum Gasteiger partial charge on any atom is 0.308 e. The molecule has 0 aliphatic heterocycles. The predicted molar refractivity (Wildman–Crippen MR) is 83.5 cm³/mol. The summed E-state index contributed by atoms with van der Waals surface area (Å²) in [5, 5.41) is 9.16. The zero-order valence-electron chi connectivity index (χ0n) is 13.5. The largest absolute Gasteiger partial charge is 0.436 e. The molecule has 0 saturated heterocycles. The van der Waals surface area contributed by atoms with Crippen molar-refractivity contribution in [1.29, 1.82) is 0 Å². The van der Waals surface area contributed by atoms with Gasteiger partial charge in [0.1, 0.15) is 0 Å². The van der Waals surface area contributed by atoms with Crippen molar-refractivity contribution in [3.05, 3.63) is 0 Å². The molecule has 1 atom stereocenters. The molecule has 20 heavy (non-hydrogen) atoms. The van der Waals surface area contributed by atoms with E-state index in [1.165, 1.54) is 57.8 Å². The minimum absolute atomic E-state index is 0.268. The van der Waals surface area contributed by atoms with Crippen LogP contribution < -0.4 is 0 Å². The van der Waals surface area contributed by atoms with Gasteiger partial charge in [-0.15, -0.1) is 0 Å². The molecule has 0 aliphatic rings. The number of ether oxygens (including phenoxy) is 1. The van der Waals surface area contributed by atoms with Crippen molar-refractivity contribution in [1.82, 2.24) is 0 Å². The van der Waals surface area contributed by atoms with Gasteiger partial charge in [0.15, 0.2) is 6.29 Å². The molecule has 0 saturated carbocycles. The summed E-state index contributed by atoms with van der Waals surface area (Å²) in [6.07, 6.45) is 14.0. The van der Waals surface area contributed by atoms with Crippen LogP contribution in [-0.4, -0.2) is 17.4 Å². The highest BCUT2D eigenvalue weighted by Crippen LogP contribution is 2.12. The van der Waals surface area contributed by atoms with E-state index >= 15 is 0 Å². The molecule has 0 amide bonds. The number of rotatable bonds is 14. The molecule has 0 aliphatic carbocycles. The van der Waals surface area contributed by atoms with Crippen molar-refractivity contribution >= 4 is 5.97 Å². The summed E-state index contributed by atoms with van der Waals surface area (Å²) in [7, 11) is 0. The maximum atomic E-state index is 11.3. The van der Waals surface area contributed by atoms with Gasteiger partial charge in [-0.05, 0) is 6.42 Å². The molecule has 0 heterocycles. The van der Waals surface area contributed by atoms with Crippen LogP contribution in [0.15, 0.2) is 0 Å². The van der Waals surface area contributed by atoms with E-state index in [0.717, 1.165) is 12.8 Å². The fraction of sp³-hybridized carbons (Fsp3) is 0.941. The van der Waals surface area contributed by atoms with Crippen LogP contribution >= 0.6 is 0 Å². The Kier molecular flexibility index (Phi) is 14.4. The smallest absolute Gasteiger partial charge is 0.308 e. The molecule has 1 N–H and O–H groups in total. The maximum absolute atomic E-state index is 11.3. The Hall–Kier alpha value is -0.570. The third kappa shape index (κ3) is 13.9. The highest BCUT2D eigenvalue weighted by Gasteiger charge is 2.07. The van der Waals surface area contributed by atoms with Gasteiger partial charge in [0, 0.05) is 12.8 Å². The van der Waals surface area contributed by atoms with E-state index < -0.39 is 6.29 Å². The number of unbranched alkanes of at least 4 members (excludes halogenated alkanes) is 10. The van der Waals surface area contributed by atoms with Gasteiger partial charge in [-0.25, -0.2) is 0 Å². The van der Waals surface area contributed by atoms with Crippen LogP contribution in [-0.2, 0) is 9.53 Å². The molecule has 3 heteroatoms. The molecule has 0 rings (SSSR count). The average Bonchev–Trinajstić information content (AvgIpc) is 2.44. The lowest BCUT2D eigenvalue weighted by molar-refractivity contribution is -0.168. The summed E-state index contributed by atoms with van der Waals surface area (Å²) in [5.74, 6) is -0.268. The molecule has 0 bridgehead atoms. The van der Waals surface area contributed by atoms with Gasteiger partial charge in [-0.2, -0.15) is 0 Å². The Labute approximate surface area is 125 Å². The highest BCUT2D eigenvalue weighted by atomic mass is 16.6. The van der Waals surface area contributed by atoms with Gasteiger partial charge in [0.05, 0.1) is 0 Å². The monoisotopic (exact) mass is 286 g/mol. The second-order valence-electron chi connectivity index (χ2n) is 5.64. The number of hydrogen-bond acceptors (Lipinski definition) is 3. The Balaban J connectivity index is 3.14. The molecular formula is C17H34O3. The fourth-order valence-corrected chi connectivity index (χ4v) is 2.23. The Bertz CT molecular complexity index is 216. The fourth-order valence-electron chi connectivity index (χ4n) is 2.23. The summed E-state index contributed by atoms with van der Waals surface area (Å²) in [4.78, 5) is 11.3. The summed E-state index contributed by atoms with van der Waals surface area (Å²) >= 11 is 0. The molecule has 3 nitrogen and oxygen atoms in total. The van der Waals surface area contributed by atoms with Crippen LogP contribution in [0.25, 0.3) is 0 Å². The van der Waals surface area contributed by atoms with Crippen LogP contribution in [0, 0.1) is 0 Å². The van der Waals surface area contributed by atoms with Gasteiger partial charge in [-0.3, -0.25) is 4.79 Å². The Morgan fingerprint density at radius 1 is 0.850 bits per heavy atom. The van der Waals surface area contributed by atoms with E-state index in [1.54, 1.807) is 6.92 Å². The van der Waals surface area contributed by atoms with Crippen molar-refractivity contribution in [3.8, 4) is 0 Å². The van der Waals surface area contributed by atoms with E-state index in [1.807, 2.05) is 0 Å². The summed E-state index contributed by atoms with van der Waals surface area (Å²) in [5.41, 5.74) is 0. The van der Waals surface area contributed by atoms with Gasteiger partial charge < -0.3 is 9.84 Å². The van der Waals surface area contributed by atoms with E-state index in [4.69, 9.17) is 9.84 Å². The lowest BCUT2D eigenvalue weighted by Crippen LogP contribution is -2.16. The first-order valence-electron chi connectivity index (χ1n) is 8.58. The average molecular weight is 286 g/mol. The zero-order chi connectivity index (χ0) is 15.1. The van der Waals surface area contributed by atoms with Crippen molar-refractivity contribution in [2.24, 2.45) is 0 Å². The molecule has 0 spiro atoms. The summed E-state index contributed by atoms with van der Waals surface area (Å²) < 4.78 is 4.81. The van der Waals surface area contributed by atoms with Gasteiger partial charge >= 0.3 is 5.97 Å². The second kappa shape index (κ2) is 14.8. The van der Waals surface area contributed by atoms with Crippen molar-refractivity contribution in [3.63, 3.8) is 0 Å². The third-order valence-electron chi connectivity index (χ3n) is 3.60. The normalized spacial score (nSPS) is 12.3. The highest BCUT2D eigenvalue weighted by molar-refractivity contribution is 5.69. The molecule has 1 unspecified atom stereocenters. The zero-order valence-corrected chi connectivity index (χ0v) is 13.5. The van der Waals surface area contributed by atoms with Gasteiger partial charge in [-0.1, -0.05) is 78.1 Å². The van der Waals surface area contributed by atoms with Gasteiger partial charge in [0.2, 0.25) is 0 Å². The van der Waals surface area contributed by atoms with Crippen LogP contribution in [0.5, 0.6) is 0 Å². The lowest BCUT2D eigenvalue weighted by Gasteiger charge is -2.09. The SMILES string of the molecule is CCCCCCCCCCCCCC(=O)OC(O)CC. The molecule has 0 aromatic carbocycles. The molecular weight excluding hydrogens is 252 g/mol. The minimum atomic E-state index is -0.921. The first-order chi connectivity index (χ1) is 9.70. The van der Waals surface area contributed by atoms with Crippen LogP contribution in [0.4, 0.5) is 0 Å². The number of carbonyl (C=O) groups excluding carboxylic acids is 1. The second-order valence-corrected chi connectivity index (χ2v) is 5.64. The Morgan fingerprint density at radius 3 is 1.75 bits per heavy atom. The summed E-state index contributed by atoms with van der Waals surface area (Å²) in [6, 6.07) is 0. The van der Waals surface area contributed by atoms with Gasteiger partial charge in [0.25, 0.3) is 0 Å². The predicted octanol–water partition coefficient (Wildman–Crippen LogP) is 4.96. The van der Waals surface area contributed by atoms with Crippen molar-refractivity contribution in [2.45, 2.75) is 104 Å². The van der Waals surface area contributed by atoms with E-state index in [0.29, 0.717) is 12.8 Å². The minimum Gasteiger partial charge on any atom is -0.436 e. The third-order valence-corrected chi connectivity index (χ3v) is 3.60. The number of esters is 1. The first-order valence-corrected chi connectivity index (χ1v) is 8.58. The van der Waals surface area contributed by atoms with Crippen molar-refractivity contribution < 1.29 is 14.6 Å². The van der Waals surface area contributed by atoms with Crippen LogP contribution in [0.3, 0.4) is 0 Å². The first kappa shape index (κ1) is 19.4. The van der Waals surface area contributed by atoms with E-state index in [2.05, 4.69) is 6.92 Å². The molecule has 0 radical (unpaired) electrons. The molecule has 0 aromatic rings. The van der Waals surface area contributed by atoms with Crippen molar-refractivity contribution in [2.75, 3.05) is 0 Å². The number of aliphatic hydroxyl groups excluding tert-OH is 1. The quantitative estimate of drug-likeness (QED) is 0.279. The van der Waals surface area contributed by atoms with Crippen LogP contribution in [0.2, 0.25) is 0 Å². The molecule has 120 valence electrons. The number of carbonyl (C=O) groups is 1. The number of aliphatic hydroxyl groups is 1. The Morgan fingerprint density at radius 2 is 1.30 bits per heavy atom. The standard InChI is InChI=1S/C17H34O3/c1-3-5-6-7-8-9-10-11-12-13-14-15-17(19)20-16(18)4-2/h16,18H,3-15H2,1-2H3. The van der Waals surface area contributed by atoms with E-state index in [9.17, 15) is 4.79 Å². The number of hydrogen-bond donors (Lipinski definition) is 1.